The van der Waals surface area contributed by atoms with E-state index in [0.29, 0.717) is 30.2 Å². The summed E-state index contributed by atoms with van der Waals surface area (Å²) >= 11 is 1.51. The van der Waals surface area contributed by atoms with Gasteiger partial charge in [0.15, 0.2) is 5.13 Å². The number of fused-ring (bicyclic) bond motifs is 2. The average Bonchev–Trinajstić information content (AvgIpc) is 3.63. The van der Waals surface area contributed by atoms with Crippen LogP contribution in [0.2, 0.25) is 0 Å². The van der Waals surface area contributed by atoms with Gasteiger partial charge in [0, 0.05) is 38.3 Å². The molecule has 1 saturated heterocycles. The topological polar surface area (TPSA) is 83.0 Å². The summed E-state index contributed by atoms with van der Waals surface area (Å²) in [7, 11) is -3.74. The fourth-order valence-corrected chi connectivity index (χ4v) is 8.05. The lowest BCUT2D eigenvalue weighted by molar-refractivity contribution is 0.0376. The monoisotopic (exact) mass is 626 g/mol. The van der Waals surface area contributed by atoms with Gasteiger partial charge < -0.3 is 4.74 Å². The van der Waals surface area contributed by atoms with E-state index in [1.165, 1.54) is 15.6 Å². The molecule has 6 rings (SSSR count). The molecule has 3 aromatic carbocycles. The van der Waals surface area contributed by atoms with E-state index < -0.39 is 10.0 Å². The number of hydrogen-bond donors (Lipinski definition) is 0. The number of anilines is 2. The van der Waals surface area contributed by atoms with Gasteiger partial charge in [-0.15, -0.1) is 12.4 Å². The summed E-state index contributed by atoms with van der Waals surface area (Å²) in [6.45, 7) is 9.17. The van der Waals surface area contributed by atoms with Crippen molar-refractivity contribution in [1.82, 2.24) is 9.88 Å². The van der Waals surface area contributed by atoms with Gasteiger partial charge in [-0.2, -0.15) is 0 Å². The van der Waals surface area contributed by atoms with Crippen molar-refractivity contribution in [2.45, 2.75) is 31.6 Å². The molecule has 0 bridgehead atoms. The molecule has 8 nitrogen and oxygen atoms in total. The molecule has 1 fully saturated rings. The molecule has 0 saturated carbocycles. The summed E-state index contributed by atoms with van der Waals surface area (Å²) < 4.78 is 35.0. The van der Waals surface area contributed by atoms with Crippen molar-refractivity contribution in [3.8, 4) is 0 Å². The van der Waals surface area contributed by atoms with E-state index in [9.17, 15) is 13.2 Å². The van der Waals surface area contributed by atoms with Crippen LogP contribution in [-0.4, -0.2) is 70.1 Å². The molecule has 42 heavy (non-hydrogen) atoms. The summed E-state index contributed by atoms with van der Waals surface area (Å²) in [5.41, 5.74) is 5.38. The second kappa shape index (κ2) is 12.7. The molecule has 4 aromatic rings. The largest absolute Gasteiger partial charge is 0.379 e. The van der Waals surface area contributed by atoms with E-state index in [2.05, 4.69) is 30.9 Å². The van der Waals surface area contributed by atoms with Crippen LogP contribution in [0.5, 0.6) is 0 Å². The summed E-state index contributed by atoms with van der Waals surface area (Å²) in [6.07, 6.45) is 1.48. The van der Waals surface area contributed by atoms with Crippen LogP contribution in [0.3, 0.4) is 0 Å². The van der Waals surface area contributed by atoms with Crippen molar-refractivity contribution < 1.29 is 17.9 Å². The predicted molar refractivity (Wildman–Crippen MR) is 171 cm³/mol. The molecule has 2 aliphatic heterocycles. The lowest BCUT2D eigenvalue weighted by Gasteiger charge is -2.27. The third kappa shape index (κ3) is 5.91. The second-order valence-corrected chi connectivity index (χ2v) is 13.5. The fourth-order valence-electron chi connectivity index (χ4n) is 5.50. The Bertz CT molecular complexity index is 1690. The first-order valence-electron chi connectivity index (χ1n) is 14.0. The zero-order valence-corrected chi connectivity index (χ0v) is 26.2. The first-order valence-corrected chi connectivity index (χ1v) is 16.3. The summed E-state index contributed by atoms with van der Waals surface area (Å²) in [6, 6.07) is 18.1. The Morgan fingerprint density at radius 3 is 2.50 bits per heavy atom. The van der Waals surface area contributed by atoms with Gasteiger partial charge in [0.05, 0.1) is 34.0 Å². The van der Waals surface area contributed by atoms with Gasteiger partial charge in [0.1, 0.15) is 0 Å². The number of aryl methyl sites for hydroxylation is 2. The quantitative estimate of drug-likeness (QED) is 0.259. The number of rotatable bonds is 8. The predicted octanol–water partition coefficient (Wildman–Crippen LogP) is 5.46. The number of hydrogen-bond acceptors (Lipinski definition) is 7. The van der Waals surface area contributed by atoms with Crippen LogP contribution in [0.4, 0.5) is 10.8 Å². The van der Waals surface area contributed by atoms with Gasteiger partial charge in [-0.05, 0) is 79.8 Å². The van der Waals surface area contributed by atoms with E-state index in [0.717, 1.165) is 71.9 Å². The number of benzene rings is 3. The summed E-state index contributed by atoms with van der Waals surface area (Å²) in [4.78, 5) is 23.1. The van der Waals surface area contributed by atoms with Crippen LogP contribution >= 0.6 is 23.7 Å². The molecule has 0 unspecified atom stereocenters. The number of ether oxygens (including phenoxy) is 1. The Kier molecular flexibility index (Phi) is 9.20. The van der Waals surface area contributed by atoms with Crippen molar-refractivity contribution in [2.75, 3.05) is 55.1 Å². The number of aromatic nitrogens is 1. The van der Waals surface area contributed by atoms with Crippen LogP contribution < -0.4 is 9.21 Å². The lowest BCUT2D eigenvalue weighted by Crippen LogP contribution is -2.39. The van der Waals surface area contributed by atoms with Crippen LogP contribution in [0.25, 0.3) is 10.2 Å². The lowest BCUT2D eigenvalue weighted by atomic mass is 10.1. The van der Waals surface area contributed by atoms with Gasteiger partial charge in [0.2, 0.25) is 0 Å². The number of halogens is 1. The van der Waals surface area contributed by atoms with Crippen LogP contribution in [0, 0.1) is 13.8 Å². The molecule has 11 heteroatoms. The van der Waals surface area contributed by atoms with E-state index in [1.54, 1.807) is 29.2 Å². The number of para-hydroxylation sites is 1. The van der Waals surface area contributed by atoms with E-state index in [4.69, 9.17) is 9.72 Å². The number of nitrogens with zero attached hydrogens (tertiary/aromatic N) is 4. The van der Waals surface area contributed by atoms with Crippen LogP contribution in [-0.2, 0) is 21.2 Å². The molecular formula is C31H35ClN4O4S2. The highest BCUT2D eigenvalue weighted by molar-refractivity contribution is 7.92. The maximum atomic E-state index is 13.9. The third-order valence-corrected chi connectivity index (χ3v) is 10.9. The normalized spacial score (nSPS) is 15.4. The Labute approximate surface area is 257 Å². The second-order valence-electron chi connectivity index (χ2n) is 10.6. The molecule has 0 spiro atoms. The third-order valence-electron chi connectivity index (χ3n) is 8.04. The summed E-state index contributed by atoms with van der Waals surface area (Å²) in [5.74, 6) is -0.184. The Hall–Kier alpha value is -3.02. The Balaban J connectivity index is 0.00000353. The van der Waals surface area contributed by atoms with E-state index >= 15 is 0 Å². The van der Waals surface area contributed by atoms with Crippen LogP contribution in [0.1, 0.15) is 33.5 Å². The van der Waals surface area contributed by atoms with Gasteiger partial charge in [-0.3, -0.25) is 18.9 Å². The molecule has 2 aliphatic rings. The van der Waals surface area contributed by atoms with E-state index in [-0.39, 0.29) is 23.2 Å². The average molecular weight is 627 g/mol. The molecule has 0 N–H and O–H groups in total. The first-order chi connectivity index (χ1) is 19.8. The Morgan fingerprint density at radius 2 is 1.74 bits per heavy atom. The minimum Gasteiger partial charge on any atom is -0.379 e. The standard InChI is InChI=1S/C31H34N4O4S2.ClH/c1-22-8-13-28-29(23(22)2)32-31(40-28)34(16-5-15-33-18-20-39-21-19-33)30(36)25-9-11-26(12-10-25)41(37,38)35-17-14-24-6-3-4-7-27(24)35;/h3-4,6-13H,5,14-21H2,1-2H3;1H. The van der Waals surface area contributed by atoms with Crippen molar-refractivity contribution >= 4 is 60.7 Å². The number of sulfonamides is 1. The molecule has 0 aliphatic carbocycles. The van der Waals surface area contributed by atoms with Gasteiger partial charge in [-0.1, -0.05) is 35.6 Å². The zero-order chi connectivity index (χ0) is 28.6. The van der Waals surface area contributed by atoms with Gasteiger partial charge in [0.25, 0.3) is 15.9 Å². The van der Waals surface area contributed by atoms with Crippen molar-refractivity contribution in [2.24, 2.45) is 0 Å². The molecule has 222 valence electrons. The highest BCUT2D eigenvalue weighted by Gasteiger charge is 2.31. The maximum absolute atomic E-state index is 13.9. The number of morpholine rings is 1. The Morgan fingerprint density at radius 1 is 1.00 bits per heavy atom. The van der Waals surface area contributed by atoms with Crippen LogP contribution in [0.15, 0.2) is 65.6 Å². The smallest absolute Gasteiger partial charge is 0.264 e. The van der Waals surface area contributed by atoms with Crippen molar-refractivity contribution in [1.29, 1.82) is 0 Å². The number of thiazole rings is 1. The molecule has 0 radical (unpaired) electrons. The molecule has 3 heterocycles. The maximum Gasteiger partial charge on any atom is 0.264 e. The van der Waals surface area contributed by atoms with E-state index in [1.807, 2.05) is 24.3 Å². The fraction of sp³-hybridized carbons (Fsp3) is 0.355. The minimum atomic E-state index is -3.74. The van der Waals surface area contributed by atoms with Gasteiger partial charge >= 0.3 is 0 Å². The molecular weight excluding hydrogens is 592 g/mol. The SMILES string of the molecule is Cc1ccc2sc(N(CCCN3CCOCC3)C(=O)c3ccc(S(=O)(=O)N4CCc5ccccc54)cc3)nc2c1C.Cl. The highest BCUT2D eigenvalue weighted by Crippen LogP contribution is 2.34. The molecule has 1 amide bonds. The first kappa shape index (κ1) is 30.4. The molecule has 0 atom stereocenters. The number of carbonyl (C=O) groups is 1. The van der Waals surface area contributed by atoms with Gasteiger partial charge in [-0.25, -0.2) is 13.4 Å². The number of carbonyl (C=O) groups excluding carboxylic acids is 1. The zero-order valence-electron chi connectivity index (χ0n) is 23.8. The highest BCUT2D eigenvalue weighted by atomic mass is 35.5. The van der Waals surface area contributed by atoms with Crippen molar-refractivity contribution in [3.63, 3.8) is 0 Å². The minimum absolute atomic E-state index is 0. The van der Waals surface area contributed by atoms with Crippen molar-refractivity contribution in [3.05, 3.63) is 82.9 Å². The summed E-state index contributed by atoms with van der Waals surface area (Å²) in [5, 5.41) is 0.658. The number of amides is 1. The molecule has 1 aromatic heterocycles.